The Morgan fingerprint density at radius 2 is 1.65 bits per heavy atom. The van der Waals surface area contributed by atoms with Gasteiger partial charge in [0.15, 0.2) is 0 Å². The first-order valence-electron chi connectivity index (χ1n) is 15.3. The number of ether oxygens (including phenoxy) is 1. The van der Waals surface area contributed by atoms with Gasteiger partial charge >= 0.3 is 6.18 Å². The van der Waals surface area contributed by atoms with Gasteiger partial charge in [-0.2, -0.15) is 13.2 Å². The second-order valence-corrected chi connectivity index (χ2v) is 13.4. The highest BCUT2D eigenvalue weighted by Gasteiger charge is 2.36. The van der Waals surface area contributed by atoms with Crippen LogP contribution in [0, 0.1) is 6.92 Å². The van der Waals surface area contributed by atoms with Crippen LogP contribution in [-0.4, -0.2) is 50.9 Å². The summed E-state index contributed by atoms with van der Waals surface area (Å²) in [6.45, 7) is 2.62. The van der Waals surface area contributed by atoms with Crippen molar-refractivity contribution in [3.63, 3.8) is 0 Å². The van der Waals surface area contributed by atoms with Gasteiger partial charge in [-0.15, -0.1) is 0 Å². The van der Waals surface area contributed by atoms with E-state index in [0.29, 0.717) is 21.7 Å². The van der Waals surface area contributed by atoms with Gasteiger partial charge in [0.2, 0.25) is 11.8 Å². The van der Waals surface area contributed by atoms with Gasteiger partial charge in [0, 0.05) is 12.6 Å². The summed E-state index contributed by atoms with van der Waals surface area (Å²) >= 11 is 0. The Bertz CT molecular complexity index is 1610. The number of carbonyl (C=O) groups excluding carboxylic acids is 2. The fourth-order valence-corrected chi connectivity index (χ4v) is 7.04. The predicted molar refractivity (Wildman–Crippen MR) is 170 cm³/mol. The summed E-state index contributed by atoms with van der Waals surface area (Å²) in [5.41, 5.74) is 0.0152. The molecule has 1 N–H and O–H groups in total. The average molecular weight is 660 g/mol. The summed E-state index contributed by atoms with van der Waals surface area (Å²) in [4.78, 5) is 29.1. The van der Waals surface area contributed by atoms with Crippen molar-refractivity contribution in [1.82, 2.24) is 10.2 Å². The summed E-state index contributed by atoms with van der Waals surface area (Å²) in [5, 5.41) is 3.07. The van der Waals surface area contributed by atoms with Gasteiger partial charge in [0.25, 0.3) is 10.0 Å². The molecule has 46 heavy (non-hydrogen) atoms. The van der Waals surface area contributed by atoms with E-state index < -0.39 is 40.3 Å². The van der Waals surface area contributed by atoms with Crippen LogP contribution >= 0.6 is 0 Å². The molecule has 2 amide bonds. The lowest BCUT2D eigenvalue weighted by Crippen LogP contribution is -2.54. The van der Waals surface area contributed by atoms with Crippen LogP contribution in [-0.2, 0) is 32.3 Å². The number of methoxy groups -OCH3 is 1. The Balaban J connectivity index is 1.76. The molecule has 3 aromatic rings. The highest BCUT2D eigenvalue weighted by atomic mass is 32.2. The number of anilines is 1. The van der Waals surface area contributed by atoms with Crippen molar-refractivity contribution in [3.8, 4) is 5.75 Å². The number of alkyl halides is 3. The van der Waals surface area contributed by atoms with Gasteiger partial charge in [0.05, 0.1) is 23.3 Å². The lowest BCUT2D eigenvalue weighted by atomic mass is 9.95. The molecule has 1 saturated carbocycles. The van der Waals surface area contributed by atoms with Crippen LogP contribution in [0.1, 0.15) is 62.1 Å². The van der Waals surface area contributed by atoms with E-state index in [2.05, 4.69) is 5.32 Å². The van der Waals surface area contributed by atoms with Crippen molar-refractivity contribution in [3.05, 3.63) is 89.5 Å². The predicted octanol–water partition coefficient (Wildman–Crippen LogP) is 6.47. The molecule has 12 heteroatoms. The Hall–Kier alpha value is -4.06. The molecule has 4 rings (SSSR count). The summed E-state index contributed by atoms with van der Waals surface area (Å²) in [7, 11) is -3.03. The molecule has 8 nitrogen and oxygen atoms in total. The number of rotatable bonds is 12. The summed E-state index contributed by atoms with van der Waals surface area (Å²) < 4.78 is 75.2. The average Bonchev–Trinajstić information content (AvgIpc) is 3.03. The Labute approximate surface area is 268 Å². The molecule has 0 heterocycles. The number of sulfonamides is 1. The van der Waals surface area contributed by atoms with Gasteiger partial charge in [-0.25, -0.2) is 8.42 Å². The molecule has 0 radical (unpaired) electrons. The number of nitrogens with zero attached hydrogens (tertiary/aromatic N) is 2. The number of nitrogens with one attached hydrogen (secondary N) is 1. The lowest BCUT2D eigenvalue weighted by Gasteiger charge is -2.34. The van der Waals surface area contributed by atoms with E-state index in [1.165, 1.54) is 30.2 Å². The molecular weight excluding hydrogens is 619 g/mol. The second-order valence-electron chi connectivity index (χ2n) is 11.5. The number of halogens is 3. The fourth-order valence-electron chi connectivity index (χ4n) is 5.63. The molecule has 1 fully saturated rings. The van der Waals surface area contributed by atoms with Crippen LogP contribution in [0.3, 0.4) is 0 Å². The topological polar surface area (TPSA) is 96.0 Å². The van der Waals surface area contributed by atoms with E-state index in [1.54, 1.807) is 50.2 Å². The quantitative estimate of drug-likeness (QED) is 0.240. The maximum atomic E-state index is 14.3. The Morgan fingerprint density at radius 3 is 2.28 bits per heavy atom. The Morgan fingerprint density at radius 1 is 0.978 bits per heavy atom. The van der Waals surface area contributed by atoms with E-state index in [-0.39, 0.29) is 35.5 Å². The van der Waals surface area contributed by atoms with E-state index in [4.69, 9.17) is 4.74 Å². The highest BCUT2D eigenvalue weighted by Crippen LogP contribution is 2.33. The third-order valence-electron chi connectivity index (χ3n) is 8.17. The van der Waals surface area contributed by atoms with Crippen molar-refractivity contribution in [2.45, 2.75) is 82.1 Å². The van der Waals surface area contributed by atoms with Crippen LogP contribution in [0.5, 0.6) is 5.75 Å². The number of hydrogen-bond donors (Lipinski definition) is 1. The molecular formula is C34H40F3N3O5S. The van der Waals surface area contributed by atoms with Crippen LogP contribution in [0.2, 0.25) is 0 Å². The molecule has 1 aliphatic rings. The number of aryl methyl sites for hydroxylation is 1. The number of benzene rings is 3. The van der Waals surface area contributed by atoms with Crippen LogP contribution in [0.25, 0.3) is 0 Å². The lowest BCUT2D eigenvalue weighted by molar-refractivity contribution is -0.140. The summed E-state index contributed by atoms with van der Waals surface area (Å²) in [6, 6.07) is 15.6. The number of hydrogen-bond acceptors (Lipinski definition) is 5. The van der Waals surface area contributed by atoms with Crippen molar-refractivity contribution in [1.29, 1.82) is 0 Å². The first-order valence-corrected chi connectivity index (χ1v) is 16.8. The minimum Gasteiger partial charge on any atom is -0.497 e. The van der Waals surface area contributed by atoms with Gasteiger partial charge in [-0.3, -0.25) is 13.9 Å². The van der Waals surface area contributed by atoms with E-state index >= 15 is 0 Å². The zero-order valence-electron chi connectivity index (χ0n) is 26.2. The van der Waals surface area contributed by atoms with Gasteiger partial charge in [-0.1, -0.05) is 62.1 Å². The molecule has 0 unspecified atom stereocenters. The molecule has 1 atom stereocenters. The monoisotopic (exact) mass is 659 g/mol. The maximum absolute atomic E-state index is 14.3. The molecule has 1 aliphatic carbocycles. The summed E-state index contributed by atoms with van der Waals surface area (Å²) in [5.74, 6) is -0.587. The first kappa shape index (κ1) is 34.8. The second kappa shape index (κ2) is 15.0. The zero-order chi connectivity index (χ0) is 33.5. The first-order chi connectivity index (χ1) is 21.8. The third-order valence-corrected chi connectivity index (χ3v) is 9.96. The molecule has 3 aromatic carbocycles. The molecule has 0 saturated heterocycles. The van der Waals surface area contributed by atoms with Gasteiger partial charge in [-0.05, 0) is 74.2 Å². The SMILES string of the molecule is CC[C@H](C(=O)NC1CCCCC1)N(Cc1cccc(OC)c1)C(=O)CN(c1cccc(C(F)(F)F)c1)S(=O)(=O)c1ccc(C)cc1. The van der Waals surface area contributed by atoms with Crippen LogP contribution in [0.15, 0.2) is 77.7 Å². The Kier molecular flexibility index (Phi) is 11.4. The van der Waals surface area contributed by atoms with E-state index in [0.717, 1.165) is 49.8 Å². The molecule has 0 aromatic heterocycles. The number of amides is 2. The zero-order valence-corrected chi connectivity index (χ0v) is 27.0. The fraction of sp³-hybridized carbons (Fsp3) is 0.412. The molecule has 0 bridgehead atoms. The standard InChI is InChI=1S/C34H40F3N3O5S/c1-4-31(33(42)38-27-12-6-5-7-13-27)39(22-25-10-8-15-29(20-25)45-3)32(41)23-40(28-14-9-11-26(21-28)34(35,36)37)46(43,44)30-18-16-24(2)17-19-30/h8-11,14-21,27,31H,4-7,12-13,22-23H2,1-3H3,(H,38,42)/t31-/m1/s1. The minimum absolute atomic E-state index is 0.0346. The highest BCUT2D eigenvalue weighted by molar-refractivity contribution is 7.92. The van der Waals surface area contributed by atoms with Crippen molar-refractivity contribution < 1.29 is 35.9 Å². The smallest absolute Gasteiger partial charge is 0.416 e. The van der Waals surface area contributed by atoms with E-state index in [9.17, 15) is 31.2 Å². The van der Waals surface area contributed by atoms with Gasteiger partial charge in [0.1, 0.15) is 18.3 Å². The van der Waals surface area contributed by atoms with Gasteiger partial charge < -0.3 is 15.0 Å². The van der Waals surface area contributed by atoms with Crippen molar-refractivity contribution in [2.24, 2.45) is 0 Å². The summed E-state index contributed by atoms with van der Waals surface area (Å²) in [6.07, 6.45) is 0.178. The molecule has 0 spiro atoms. The maximum Gasteiger partial charge on any atom is 0.416 e. The number of carbonyl (C=O) groups is 2. The normalized spacial score (nSPS) is 14.7. The largest absolute Gasteiger partial charge is 0.497 e. The third kappa shape index (κ3) is 8.60. The van der Waals surface area contributed by atoms with Crippen molar-refractivity contribution in [2.75, 3.05) is 18.0 Å². The van der Waals surface area contributed by atoms with E-state index in [1.807, 2.05) is 0 Å². The molecule has 0 aliphatic heterocycles. The molecule has 248 valence electrons. The van der Waals surface area contributed by atoms with Crippen molar-refractivity contribution >= 4 is 27.5 Å². The van der Waals surface area contributed by atoms with Crippen LogP contribution < -0.4 is 14.4 Å². The van der Waals surface area contributed by atoms with Crippen LogP contribution in [0.4, 0.5) is 18.9 Å². The minimum atomic E-state index is -4.75.